The molecule has 1 aromatic carbocycles. The molecule has 6 heterocycles. The lowest BCUT2D eigenvalue weighted by molar-refractivity contribution is 0.649. The fraction of sp³-hybridized carbons (Fsp3) is 0.167. The first-order valence-electron chi connectivity index (χ1n) is 15.0. The monoisotopic (exact) mass is 591 g/mol. The van der Waals surface area contributed by atoms with Gasteiger partial charge < -0.3 is 0 Å². The van der Waals surface area contributed by atoms with Crippen molar-refractivity contribution in [3.8, 4) is 34.2 Å². The minimum atomic E-state index is 0.640. The van der Waals surface area contributed by atoms with Gasteiger partial charge >= 0.3 is 0 Å². The van der Waals surface area contributed by atoms with Crippen LogP contribution in [0.25, 0.3) is 34.2 Å². The van der Waals surface area contributed by atoms with Gasteiger partial charge in [-0.3, -0.25) is 29.0 Å². The van der Waals surface area contributed by atoms with Crippen molar-refractivity contribution >= 4 is 0 Å². The SMILES string of the molecule is Cc1c(Cn2ccc(-c3ccccn3)n2)c(C)c(Cn2ccc(-c3ccccn3)n2)c(C)c1Cn1ccc(-c2ccccn2)n1. The Bertz CT molecular complexity index is 1800. The third-order valence-corrected chi connectivity index (χ3v) is 8.38. The van der Waals surface area contributed by atoms with Crippen LogP contribution < -0.4 is 0 Å². The lowest BCUT2D eigenvalue weighted by Gasteiger charge is -2.23. The van der Waals surface area contributed by atoms with Crippen LogP contribution in [-0.4, -0.2) is 44.3 Å². The Morgan fingerprint density at radius 1 is 0.400 bits per heavy atom. The Hall–Kier alpha value is -5.70. The molecule has 0 fully saturated rings. The van der Waals surface area contributed by atoms with Gasteiger partial charge in [0.05, 0.1) is 36.7 Å². The van der Waals surface area contributed by atoms with Gasteiger partial charge in [-0.2, -0.15) is 15.3 Å². The summed E-state index contributed by atoms with van der Waals surface area (Å²) in [5.41, 5.74) is 12.6. The molecule has 0 spiro atoms. The van der Waals surface area contributed by atoms with Crippen LogP contribution in [0.1, 0.15) is 33.4 Å². The third-order valence-electron chi connectivity index (χ3n) is 8.38. The maximum absolute atomic E-state index is 4.89. The van der Waals surface area contributed by atoms with Gasteiger partial charge in [0.25, 0.3) is 0 Å². The quantitative estimate of drug-likeness (QED) is 0.190. The first-order chi connectivity index (χ1) is 22.0. The average Bonchev–Trinajstić information content (AvgIpc) is 3.87. The topological polar surface area (TPSA) is 92.1 Å². The van der Waals surface area contributed by atoms with Gasteiger partial charge in [-0.15, -0.1) is 0 Å². The van der Waals surface area contributed by atoms with E-state index in [-0.39, 0.29) is 0 Å². The molecule has 0 aliphatic heterocycles. The standard InChI is InChI=1S/C36H33N9/c1-25-28(22-43-19-13-34(40-43)31-10-4-7-16-37-31)26(2)30(24-45-21-15-36(42-45)33-12-6-9-18-39-33)27(3)29(25)23-44-20-14-35(41-44)32-11-5-8-17-38-32/h4-21H,22-24H2,1-3H3. The number of pyridine rings is 3. The summed E-state index contributed by atoms with van der Waals surface area (Å²) in [7, 11) is 0. The van der Waals surface area contributed by atoms with Crippen molar-refractivity contribution in [2.24, 2.45) is 0 Å². The molecule has 45 heavy (non-hydrogen) atoms. The van der Waals surface area contributed by atoms with Crippen LogP contribution in [0.5, 0.6) is 0 Å². The fourth-order valence-electron chi connectivity index (χ4n) is 5.89. The predicted octanol–water partition coefficient (Wildman–Crippen LogP) is 6.53. The molecule has 7 aromatic rings. The summed E-state index contributed by atoms with van der Waals surface area (Å²) < 4.78 is 6.01. The van der Waals surface area contributed by atoms with Crippen molar-refractivity contribution in [1.82, 2.24) is 44.3 Å². The highest BCUT2D eigenvalue weighted by molar-refractivity contribution is 5.55. The summed E-state index contributed by atoms with van der Waals surface area (Å²) in [6.45, 7) is 8.57. The first kappa shape index (κ1) is 28.1. The number of aromatic nitrogens is 9. The number of rotatable bonds is 9. The van der Waals surface area contributed by atoms with Crippen LogP contribution >= 0.6 is 0 Å². The maximum atomic E-state index is 4.89. The smallest absolute Gasteiger partial charge is 0.111 e. The Labute approximate surface area is 261 Å². The van der Waals surface area contributed by atoms with E-state index >= 15 is 0 Å². The highest BCUT2D eigenvalue weighted by Gasteiger charge is 2.20. The molecule has 0 bridgehead atoms. The zero-order valence-corrected chi connectivity index (χ0v) is 25.5. The zero-order valence-electron chi connectivity index (χ0n) is 25.5. The second kappa shape index (κ2) is 12.1. The molecule has 9 heteroatoms. The van der Waals surface area contributed by atoms with Crippen molar-refractivity contribution in [2.45, 2.75) is 40.4 Å². The molecular weight excluding hydrogens is 558 g/mol. The Morgan fingerprint density at radius 2 is 0.711 bits per heavy atom. The van der Waals surface area contributed by atoms with Crippen LogP contribution in [0, 0.1) is 20.8 Å². The van der Waals surface area contributed by atoms with Crippen LogP contribution in [0.2, 0.25) is 0 Å². The summed E-state index contributed by atoms with van der Waals surface area (Å²) in [4.78, 5) is 13.4. The summed E-state index contributed by atoms with van der Waals surface area (Å²) in [5.74, 6) is 0. The number of hydrogen-bond acceptors (Lipinski definition) is 6. The van der Waals surface area contributed by atoms with Crippen molar-refractivity contribution < 1.29 is 0 Å². The molecule has 0 saturated heterocycles. The number of nitrogens with zero attached hydrogens (tertiary/aromatic N) is 9. The zero-order chi connectivity index (χ0) is 30.8. The summed E-state index contributed by atoms with van der Waals surface area (Å²) in [6.07, 6.45) is 11.5. The molecule has 6 aromatic heterocycles. The molecule has 0 amide bonds. The number of hydrogen-bond donors (Lipinski definition) is 0. The second-order valence-electron chi connectivity index (χ2n) is 11.2. The molecule has 0 saturated carbocycles. The van der Waals surface area contributed by atoms with Crippen LogP contribution in [0.3, 0.4) is 0 Å². The van der Waals surface area contributed by atoms with Crippen molar-refractivity contribution in [3.05, 3.63) is 143 Å². The lowest BCUT2D eigenvalue weighted by atomic mass is 9.88. The molecule has 0 aliphatic rings. The Morgan fingerprint density at radius 3 is 0.978 bits per heavy atom. The van der Waals surface area contributed by atoms with E-state index in [0.29, 0.717) is 19.6 Å². The van der Waals surface area contributed by atoms with Crippen LogP contribution in [0.4, 0.5) is 0 Å². The van der Waals surface area contributed by atoms with E-state index in [2.05, 4.69) is 35.7 Å². The van der Waals surface area contributed by atoms with Crippen molar-refractivity contribution in [3.63, 3.8) is 0 Å². The molecule has 7 rings (SSSR count). The molecule has 222 valence electrons. The van der Waals surface area contributed by atoms with E-state index in [1.807, 2.05) is 105 Å². The normalized spacial score (nSPS) is 11.3. The summed E-state index contributed by atoms with van der Waals surface area (Å²) in [6, 6.07) is 23.7. The molecule has 9 nitrogen and oxygen atoms in total. The molecule has 0 aliphatic carbocycles. The van der Waals surface area contributed by atoms with Gasteiger partial charge in [-0.25, -0.2) is 0 Å². The Balaban J connectivity index is 1.26. The fourth-order valence-corrected chi connectivity index (χ4v) is 5.89. The lowest BCUT2D eigenvalue weighted by Crippen LogP contribution is -2.15. The van der Waals surface area contributed by atoms with E-state index in [1.54, 1.807) is 18.6 Å². The first-order valence-corrected chi connectivity index (χ1v) is 15.0. The average molecular weight is 592 g/mol. The molecule has 0 N–H and O–H groups in total. The molecular formula is C36H33N9. The summed E-state index contributed by atoms with van der Waals surface area (Å²) >= 11 is 0. The molecule has 0 atom stereocenters. The second-order valence-corrected chi connectivity index (χ2v) is 11.2. The van der Waals surface area contributed by atoms with Gasteiger partial charge in [0.1, 0.15) is 17.1 Å². The number of benzene rings is 1. The summed E-state index contributed by atoms with van der Waals surface area (Å²) in [5, 5.41) is 14.7. The highest BCUT2D eigenvalue weighted by Crippen LogP contribution is 2.30. The minimum absolute atomic E-state index is 0.640. The van der Waals surface area contributed by atoms with E-state index < -0.39 is 0 Å². The van der Waals surface area contributed by atoms with E-state index in [0.717, 1.165) is 34.2 Å². The van der Waals surface area contributed by atoms with E-state index in [1.165, 1.54) is 33.4 Å². The Kier molecular flexibility index (Phi) is 7.57. The van der Waals surface area contributed by atoms with Gasteiger partial charge in [0.15, 0.2) is 0 Å². The molecule has 0 unspecified atom stereocenters. The van der Waals surface area contributed by atoms with E-state index in [9.17, 15) is 0 Å². The van der Waals surface area contributed by atoms with Crippen molar-refractivity contribution in [1.29, 1.82) is 0 Å². The van der Waals surface area contributed by atoms with Gasteiger partial charge in [0, 0.05) is 37.2 Å². The van der Waals surface area contributed by atoms with Gasteiger partial charge in [-0.05, 0) is 109 Å². The van der Waals surface area contributed by atoms with Crippen LogP contribution in [-0.2, 0) is 19.6 Å². The van der Waals surface area contributed by atoms with Crippen molar-refractivity contribution in [2.75, 3.05) is 0 Å². The van der Waals surface area contributed by atoms with Crippen LogP contribution in [0.15, 0.2) is 110 Å². The van der Waals surface area contributed by atoms with Gasteiger partial charge in [-0.1, -0.05) is 18.2 Å². The largest absolute Gasteiger partial charge is 0.268 e. The third kappa shape index (κ3) is 5.80. The van der Waals surface area contributed by atoms with Gasteiger partial charge in [0.2, 0.25) is 0 Å². The highest BCUT2D eigenvalue weighted by atomic mass is 15.3. The predicted molar refractivity (Wildman–Crippen MR) is 174 cm³/mol. The minimum Gasteiger partial charge on any atom is -0.268 e. The van der Waals surface area contributed by atoms with E-state index in [4.69, 9.17) is 15.3 Å². The maximum Gasteiger partial charge on any atom is 0.111 e. The molecule has 0 radical (unpaired) electrons.